The zero-order valence-electron chi connectivity index (χ0n) is 4.99. The highest BCUT2D eigenvalue weighted by molar-refractivity contribution is 4.80. The van der Waals surface area contributed by atoms with E-state index in [0.717, 1.165) is 12.8 Å². The molecule has 1 rings (SSSR count). The Kier molecular flexibility index (Phi) is 1.66. The van der Waals surface area contributed by atoms with Gasteiger partial charge in [0.25, 0.3) is 0 Å². The van der Waals surface area contributed by atoms with Crippen LogP contribution in [0.25, 0.3) is 0 Å². The molecule has 0 aromatic rings. The van der Waals surface area contributed by atoms with Gasteiger partial charge in [0.05, 0.1) is 0 Å². The van der Waals surface area contributed by atoms with Gasteiger partial charge in [0.1, 0.15) is 6.61 Å². The number of nitrogens with zero attached hydrogens (tertiary/aromatic N) is 1. The van der Waals surface area contributed by atoms with Crippen LogP contribution in [0, 0.1) is 16.0 Å². The molecule has 1 unspecified atom stereocenters. The van der Waals surface area contributed by atoms with E-state index >= 15 is 0 Å². The number of hydrogen-bond donors (Lipinski definition) is 1. The number of aliphatic hydroxyl groups excluding tert-OH is 1. The molecule has 0 amide bonds. The van der Waals surface area contributed by atoms with Gasteiger partial charge in [0, 0.05) is 10.8 Å². The molecule has 4 nitrogen and oxygen atoms in total. The van der Waals surface area contributed by atoms with E-state index in [-0.39, 0.29) is 12.5 Å². The van der Waals surface area contributed by atoms with Gasteiger partial charge < -0.3 is 5.11 Å². The predicted molar refractivity (Wildman–Crippen MR) is 30.6 cm³/mol. The van der Waals surface area contributed by atoms with Crippen LogP contribution in [0.4, 0.5) is 0 Å². The van der Waals surface area contributed by atoms with Crippen LogP contribution in [0.2, 0.25) is 0 Å². The van der Waals surface area contributed by atoms with Gasteiger partial charge in [-0.05, 0) is 12.8 Å². The number of rotatable bonds is 3. The van der Waals surface area contributed by atoms with E-state index < -0.39 is 11.0 Å². The van der Waals surface area contributed by atoms with Crippen molar-refractivity contribution in [3.63, 3.8) is 0 Å². The molecule has 9 heavy (non-hydrogen) atoms. The minimum Gasteiger partial charge on any atom is -0.389 e. The first kappa shape index (κ1) is 6.48. The van der Waals surface area contributed by atoms with Crippen LogP contribution in [0.5, 0.6) is 0 Å². The predicted octanol–water partition coefficient (Wildman–Crippen LogP) is 0.0340. The van der Waals surface area contributed by atoms with Crippen LogP contribution in [-0.2, 0) is 0 Å². The summed E-state index contributed by atoms with van der Waals surface area (Å²) in [7, 11) is 0. The molecule has 4 heteroatoms. The molecular formula is C5H9NO3. The minimum atomic E-state index is -0.690. The highest BCUT2D eigenvalue weighted by atomic mass is 16.6. The molecule has 52 valence electrons. The van der Waals surface area contributed by atoms with Crippen LogP contribution < -0.4 is 0 Å². The van der Waals surface area contributed by atoms with Crippen LogP contribution in [0.3, 0.4) is 0 Å². The molecule has 0 saturated heterocycles. The summed E-state index contributed by atoms with van der Waals surface area (Å²) in [5.41, 5.74) is 0. The Hall–Kier alpha value is -0.640. The first-order chi connectivity index (χ1) is 4.25. The van der Waals surface area contributed by atoms with Crippen molar-refractivity contribution in [1.29, 1.82) is 0 Å². The number of nitro groups is 1. The van der Waals surface area contributed by atoms with Gasteiger partial charge >= 0.3 is 0 Å². The van der Waals surface area contributed by atoms with Crippen molar-refractivity contribution in [3.05, 3.63) is 10.1 Å². The summed E-state index contributed by atoms with van der Waals surface area (Å²) < 4.78 is 0. The summed E-state index contributed by atoms with van der Waals surface area (Å²) in [6, 6.07) is -0.690. The average molecular weight is 131 g/mol. The number of aliphatic hydroxyl groups is 1. The Balaban J connectivity index is 2.37. The van der Waals surface area contributed by atoms with Gasteiger partial charge in [0.15, 0.2) is 0 Å². The van der Waals surface area contributed by atoms with Crippen molar-refractivity contribution < 1.29 is 10.0 Å². The average Bonchev–Trinajstić information content (AvgIpc) is 2.50. The third-order valence-electron chi connectivity index (χ3n) is 1.62. The van der Waals surface area contributed by atoms with E-state index in [1.165, 1.54) is 0 Å². The first-order valence-corrected chi connectivity index (χ1v) is 3.00. The highest BCUT2D eigenvalue weighted by Crippen LogP contribution is 2.33. The van der Waals surface area contributed by atoms with Gasteiger partial charge in [-0.1, -0.05) is 0 Å². The molecule has 1 saturated carbocycles. The SMILES string of the molecule is O=[N+]([O-])C(CO)C1CC1. The van der Waals surface area contributed by atoms with Crippen molar-refractivity contribution in [1.82, 2.24) is 0 Å². The summed E-state index contributed by atoms with van der Waals surface area (Å²) in [6.07, 6.45) is 1.82. The third-order valence-corrected chi connectivity index (χ3v) is 1.62. The largest absolute Gasteiger partial charge is 0.389 e. The molecule has 0 radical (unpaired) electrons. The van der Waals surface area contributed by atoms with Crippen LogP contribution in [-0.4, -0.2) is 22.7 Å². The van der Waals surface area contributed by atoms with Gasteiger partial charge in [0.2, 0.25) is 6.04 Å². The molecule has 0 aromatic carbocycles. The zero-order valence-corrected chi connectivity index (χ0v) is 4.99. The molecule has 1 atom stereocenters. The summed E-state index contributed by atoms with van der Waals surface area (Å²) in [5, 5.41) is 18.5. The van der Waals surface area contributed by atoms with Crippen molar-refractivity contribution >= 4 is 0 Å². The Bertz CT molecular complexity index is 121. The summed E-state index contributed by atoms with van der Waals surface area (Å²) >= 11 is 0. The number of hydrogen-bond acceptors (Lipinski definition) is 3. The van der Waals surface area contributed by atoms with Gasteiger partial charge in [-0.3, -0.25) is 10.1 Å². The Labute approximate surface area is 52.6 Å². The van der Waals surface area contributed by atoms with E-state index in [1.807, 2.05) is 0 Å². The molecule has 0 spiro atoms. The highest BCUT2D eigenvalue weighted by Gasteiger charge is 2.38. The van der Waals surface area contributed by atoms with Crippen molar-refractivity contribution in [2.75, 3.05) is 6.61 Å². The maximum atomic E-state index is 10.1. The maximum absolute atomic E-state index is 10.1. The van der Waals surface area contributed by atoms with Crippen LogP contribution in [0.1, 0.15) is 12.8 Å². The van der Waals surface area contributed by atoms with Gasteiger partial charge in [-0.15, -0.1) is 0 Å². The topological polar surface area (TPSA) is 63.4 Å². The standard InChI is InChI=1S/C5H9NO3/c7-3-5(6(8)9)4-1-2-4/h4-5,7H,1-3H2. The quantitative estimate of drug-likeness (QED) is 0.434. The normalized spacial score (nSPS) is 21.4. The second kappa shape index (κ2) is 2.31. The third kappa shape index (κ3) is 1.38. The van der Waals surface area contributed by atoms with Gasteiger partial charge in [-0.2, -0.15) is 0 Å². The molecule has 0 bridgehead atoms. The first-order valence-electron chi connectivity index (χ1n) is 3.00. The molecular weight excluding hydrogens is 122 g/mol. The monoisotopic (exact) mass is 131 g/mol. The lowest BCUT2D eigenvalue weighted by Gasteiger charge is -2.01. The van der Waals surface area contributed by atoms with E-state index in [2.05, 4.69) is 0 Å². The molecule has 1 aliphatic rings. The summed E-state index contributed by atoms with van der Waals surface area (Å²) in [5.74, 6) is 0.157. The van der Waals surface area contributed by atoms with Crippen LogP contribution in [0.15, 0.2) is 0 Å². The summed E-state index contributed by atoms with van der Waals surface area (Å²) in [6.45, 7) is -0.308. The van der Waals surface area contributed by atoms with Gasteiger partial charge in [-0.25, -0.2) is 0 Å². The van der Waals surface area contributed by atoms with Crippen LogP contribution >= 0.6 is 0 Å². The molecule has 1 fully saturated rings. The minimum absolute atomic E-state index is 0.157. The summed E-state index contributed by atoms with van der Waals surface area (Å²) in [4.78, 5) is 9.67. The lowest BCUT2D eigenvalue weighted by molar-refractivity contribution is -0.530. The van der Waals surface area contributed by atoms with E-state index in [9.17, 15) is 10.1 Å². The molecule has 0 aliphatic heterocycles. The zero-order chi connectivity index (χ0) is 6.85. The van der Waals surface area contributed by atoms with Crippen molar-refractivity contribution in [2.45, 2.75) is 18.9 Å². The fourth-order valence-corrected chi connectivity index (χ4v) is 0.869. The Morgan fingerprint density at radius 3 is 2.44 bits per heavy atom. The second-order valence-corrected chi connectivity index (χ2v) is 2.37. The lowest BCUT2D eigenvalue weighted by atomic mass is 10.2. The maximum Gasteiger partial charge on any atom is 0.238 e. The smallest absolute Gasteiger partial charge is 0.238 e. The van der Waals surface area contributed by atoms with Crippen molar-refractivity contribution in [2.24, 2.45) is 5.92 Å². The Morgan fingerprint density at radius 2 is 2.33 bits per heavy atom. The fourth-order valence-electron chi connectivity index (χ4n) is 0.869. The molecule has 0 heterocycles. The molecule has 1 aliphatic carbocycles. The molecule has 1 N–H and O–H groups in total. The lowest BCUT2D eigenvalue weighted by Crippen LogP contribution is -2.25. The van der Waals surface area contributed by atoms with E-state index in [4.69, 9.17) is 5.11 Å². The second-order valence-electron chi connectivity index (χ2n) is 2.37. The van der Waals surface area contributed by atoms with E-state index in [0.29, 0.717) is 0 Å². The molecule has 0 aromatic heterocycles. The van der Waals surface area contributed by atoms with Crippen molar-refractivity contribution in [3.8, 4) is 0 Å². The fraction of sp³-hybridized carbons (Fsp3) is 1.00. The Morgan fingerprint density at radius 1 is 1.78 bits per heavy atom. The van der Waals surface area contributed by atoms with E-state index in [1.54, 1.807) is 0 Å².